The van der Waals surface area contributed by atoms with Crippen molar-refractivity contribution in [2.24, 2.45) is 0 Å². The van der Waals surface area contributed by atoms with Crippen LogP contribution in [0.1, 0.15) is 0 Å². The van der Waals surface area contributed by atoms with Crippen LogP contribution in [-0.4, -0.2) is 26.6 Å². The van der Waals surface area contributed by atoms with Gasteiger partial charge in [-0.15, -0.1) is 0 Å². The fourth-order valence-electron chi connectivity index (χ4n) is 0.559. The van der Waals surface area contributed by atoms with E-state index in [1.807, 2.05) is 24.3 Å². The van der Waals surface area contributed by atoms with Gasteiger partial charge in [0.25, 0.3) is 0 Å². The van der Waals surface area contributed by atoms with E-state index in [0.717, 1.165) is 10.2 Å². The molecule has 6 heteroatoms. The van der Waals surface area contributed by atoms with E-state index in [1.54, 1.807) is 0 Å². The van der Waals surface area contributed by atoms with Crippen LogP contribution in [0, 0.1) is 0 Å². The van der Waals surface area contributed by atoms with Crippen molar-refractivity contribution < 1.29 is 14.3 Å². The number of nitrogens with two attached hydrogens (primary N) is 1. The summed E-state index contributed by atoms with van der Waals surface area (Å²) in [7, 11) is 1.65. The van der Waals surface area contributed by atoms with Gasteiger partial charge in [0.2, 0.25) is 0 Å². The van der Waals surface area contributed by atoms with Crippen molar-refractivity contribution in [1.29, 1.82) is 0 Å². The van der Waals surface area contributed by atoms with Crippen molar-refractivity contribution in [3.05, 3.63) is 28.7 Å². The number of hydrogen-bond acceptors (Lipinski definition) is 4. The van der Waals surface area contributed by atoms with Crippen molar-refractivity contribution in [3.8, 4) is 0 Å². The van der Waals surface area contributed by atoms with E-state index in [1.165, 1.54) is 14.2 Å². The molecular formula is C8H13BBrNO3. The fraction of sp³-hybridized carbons (Fsp3) is 0.250. The first kappa shape index (κ1) is 13.4. The highest BCUT2D eigenvalue weighted by Crippen LogP contribution is 2.10. The van der Waals surface area contributed by atoms with Crippen LogP contribution in [0.25, 0.3) is 0 Å². The van der Waals surface area contributed by atoms with Crippen LogP contribution >= 0.6 is 15.9 Å². The number of benzene rings is 1. The highest BCUT2D eigenvalue weighted by atomic mass is 79.9. The third kappa shape index (κ3) is 6.91. The maximum absolute atomic E-state index is 8.22. The summed E-state index contributed by atoms with van der Waals surface area (Å²) < 4.78 is 9.53. The minimum atomic E-state index is -1.06. The molecule has 3 N–H and O–H groups in total. The Hall–Kier alpha value is -0.555. The van der Waals surface area contributed by atoms with Crippen molar-refractivity contribution >= 4 is 28.9 Å². The van der Waals surface area contributed by atoms with Crippen LogP contribution in [0.2, 0.25) is 0 Å². The molecule has 14 heavy (non-hydrogen) atoms. The molecule has 0 aliphatic heterocycles. The normalized spacial score (nSPS) is 8.86. The van der Waals surface area contributed by atoms with Crippen LogP contribution in [0.15, 0.2) is 28.7 Å². The SMILES string of the molecule is COB(O)OC.Nc1ccc(Br)cc1. The molecule has 0 unspecified atom stereocenters. The zero-order valence-corrected chi connectivity index (χ0v) is 9.69. The van der Waals surface area contributed by atoms with Crippen LogP contribution in [0.3, 0.4) is 0 Å². The average Bonchev–Trinajstić information content (AvgIpc) is 2.22. The Morgan fingerprint density at radius 1 is 1.21 bits per heavy atom. The average molecular weight is 262 g/mol. The lowest BCUT2D eigenvalue weighted by Gasteiger charge is -1.94. The molecule has 0 aliphatic rings. The zero-order chi connectivity index (χ0) is 11.0. The second kappa shape index (κ2) is 7.81. The second-order valence-electron chi connectivity index (χ2n) is 2.33. The van der Waals surface area contributed by atoms with Gasteiger partial charge >= 0.3 is 7.32 Å². The first-order valence-electron chi connectivity index (χ1n) is 3.85. The topological polar surface area (TPSA) is 64.7 Å². The van der Waals surface area contributed by atoms with Crippen LogP contribution in [0.4, 0.5) is 5.69 Å². The number of halogens is 1. The van der Waals surface area contributed by atoms with E-state index in [-0.39, 0.29) is 0 Å². The minimum Gasteiger partial charge on any atom is -0.402 e. The molecule has 0 saturated heterocycles. The third-order valence-electron chi connectivity index (χ3n) is 1.27. The summed E-state index contributed by atoms with van der Waals surface area (Å²) >= 11 is 3.29. The molecule has 0 atom stereocenters. The molecule has 0 heterocycles. The summed E-state index contributed by atoms with van der Waals surface area (Å²) in [6, 6.07) is 7.53. The van der Waals surface area contributed by atoms with Gasteiger partial charge in [0.05, 0.1) is 0 Å². The molecule has 0 amide bonds. The summed E-state index contributed by atoms with van der Waals surface area (Å²) in [6.45, 7) is 0. The lowest BCUT2D eigenvalue weighted by Crippen LogP contribution is -2.17. The smallest absolute Gasteiger partial charge is 0.402 e. The predicted molar refractivity (Wildman–Crippen MR) is 60.5 cm³/mol. The molecular weight excluding hydrogens is 249 g/mol. The van der Waals surface area contributed by atoms with E-state index < -0.39 is 7.32 Å². The quantitative estimate of drug-likeness (QED) is 0.622. The second-order valence-corrected chi connectivity index (χ2v) is 3.25. The summed E-state index contributed by atoms with van der Waals surface area (Å²) in [4.78, 5) is 0. The van der Waals surface area contributed by atoms with E-state index in [9.17, 15) is 0 Å². The van der Waals surface area contributed by atoms with Gasteiger partial charge in [0, 0.05) is 24.4 Å². The largest absolute Gasteiger partial charge is 0.636 e. The van der Waals surface area contributed by atoms with Gasteiger partial charge in [-0.05, 0) is 24.3 Å². The van der Waals surface area contributed by atoms with Crippen molar-refractivity contribution in [2.75, 3.05) is 20.0 Å². The summed E-state index contributed by atoms with van der Waals surface area (Å²) in [5.41, 5.74) is 6.21. The molecule has 0 aromatic heterocycles. The molecule has 0 radical (unpaired) electrons. The number of anilines is 1. The van der Waals surface area contributed by atoms with E-state index in [2.05, 4.69) is 25.2 Å². The highest BCUT2D eigenvalue weighted by Gasteiger charge is 2.06. The highest BCUT2D eigenvalue weighted by molar-refractivity contribution is 9.10. The lowest BCUT2D eigenvalue weighted by molar-refractivity contribution is 0.193. The van der Waals surface area contributed by atoms with E-state index >= 15 is 0 Å². The van der Waals surface area contributed by atoms with Gasteiger partial charge in [-0.25, -0.2) is 0 Å². The molecule has 0 bridgehead atoms. The van der Waals surface area contributed by atoms with Crippen molar-refractivity contribution in [1.82, 2.24) is 0 Å². The van der Waals surface area contributed by atoms with Gasteiger partial charge in [0.15, 0.2) is 0 Å². The van der Waals surface area contributed by atoms with Crippen LogP contribution in [-0.2, 0) is 9.31 Å². The van der Waals surface area contributed by atoms with Crippen molar-refractivity contribution in [2.45, 2.75) is 0 Å². The predicted octanol–water partition coefficient (Wildman–Crippen LogP) is 1.29. The van der Waals surface area contributed by atoms with Gasteiger partial charge in [-0.2, -0.15) is 0 Å². The Morgan fingerprint density at radius 2 is 1.64 bits per heavy atom. The molecule has 1 rings (SSSR count). The standard InChI is InChI=1S/C6H6BrN.C2H7BO3/c7-5-1-3-6(8)4-2-5;1-5-3(4)6-2/h1-4H,8H2;4H,1-2H3. The number of hydrogen-bond donors (Lipinski definition) is 2. The maximum atomic E-state index is 8.22. The summed E-state index contributed by atoms with van der Waals surface area (Å²) in [5, 5.41) is 8.22. The third-order valence-corrected chi connectivity index (χ3v) is 1.80. The minimum absolute atomic E-state index is 0.799. The Balaban J connectivity index is 0.000000255. The van der Waals surface area contributed by atoms with Gasteiger partial charge in [-0.3, -0.25) is 0 Å². The number of rotatable bonds is 2. The Morgan fingerprint density at radius 3 is 1.86 bits per heavy atom. The molecule has 78 valence electrons. The van der Waals surface area contributed by atoms with Crippen molar-refractivity contribution in [3.63, 3.8) is 0 Å². The van der Waals surface area contributed by atoms with Gasteiger partial charge in [-0.1, -0.05) is 15.9 Å². The summed E-state index contributed by atoms with van der Waals surface area (Å²) in [6.07, 6.45) is 0. The monoisotopic (exact) mass is 261 g/mol. The molecule has 0 fully saturated rings. The van der Waals surface area contributed by atoms with E-state index in [4.69, 9.17) is 10.8 Å². The lowest BCUT2D eigenvalue weighted by atomic mass is 10.3. The molecule has 0 spiro atoms. The molecule has 1 aromatic rings. The molecule has 4 nitrogen and oxygen atoms in total. The summed E-state index contributed by atoms with van der Waals surface area (Å²) in [5.74, 6) is 0. The van der Waals surface area contributed by atoms with Crippen LogP contribution < -0.4 is 5.73 Å². The van der Waals surface area contributed by atoms with Gasteiger partial charge in [0.1, 0.15) is 0 Å². The fourth-order valence-corrected chi connectivity index (χ4v) is 0.823. The van der Waals surface area contributed by atoms with E-state index in [0.29, 0.717) is 0 Å². The zero-order valence-electron chi connectivity index (χ0n) is 8.11. The van der Waals surface area contributed by atoms with Crippen LogP contribution in [0.5, 0.6) is 0 Å². The first-order chi connectivity index (χ1) is 6.60. The Bertz CT molecular complexity index is 220. The maximum Gasteiger partial charge on any atom is 0.636 e. The Labute approximate surface area is 92.3 Å². The Kier molecular flexibility index (Phi) is 7.50. The molecule has 0 aliphatic carbocycles. The number of nitrogen functional groups attached to an aromatic ring is 1. The first-order valence-corrected chi connectivity index (χ1v) is 4.64. The molecule has 0 saturated carbocycles. The molecule has 1 aromatic carbocycles. The van der Waals surface area contributed by atoms with Gasteiger partial charge < -0.3 is 20.1 Å².